The third-order valence-electron chi connectivity index (χ3n) is 5.20. The van der Waals surface area contributed by atoms with Crippen molar-refractivity contribution in [1.82, 2.24) is 4.90 Å². The van der Waals surface area contributed by atoms with Crippen LogP contribution in [0.15, 0.2) is 41.3 Å². The van der Waals surface area contributed by atoms with E-state index >= 15 is 0 Å². The molecule has 0 spiro atoms. The van der Waals surface area contributed by atoms with Gasteiger partial charge in [0.15, 0.2) is 0 Å². The van der Waals surface area contributed by atoms with Crippen molar-refractivity contribution in [3.8, 4) is 5.75 Å². The molecule has 1 heterocycles. The lowest BCUT2D eigenvalue weighted by Crippen LogP contribution is -2.38. The maximum absolute atomic E-state index is 13.0. The van der Waals surface area contributed by atoms with Crippen LogP contribution in [0.5, 0.6) is 5.75 Å². The highest BCUT2D eigenvalue weighted by atomic mass is 32.2. The van der Waals surface area contributed by atoms with Crippen molar-refractivity contribution >= 4 is 21.6 Å². The summed E-state index contributed by atoms with van der Waals surface area (Å²) in [5, 5.41) is 0. The van der Waals surface area contributed by atoms with E-state index in [2.05, 4.69) is 4.72 Å². The highest BCUT2D eigenvalue weighted by Crippen LogP contribution is 2.29. The van der Waals surface area contributed by atoms with Crippen LogP contribution in [-0.2, 0) is 34.2 Å². The Balaban J connectivity index is 1.88. The minimum atomic E-state index is -3.81. The molecule has 1 amide bonds. The summed E-state index contributed by atoms with van der Waals surface area (Å²) in [4.78, 5) is 14.3. The fourth-order valence-corrected chi connectivity index (χ4v) is 4.80. The van der Waals surface area contributed by atoms with E-state index in [0.717, 1.165) is 29.5 Å². The second-order valence-corrected chi connectivity index (χ2v) is 9.24. The van der Waals surface area contributed by atoms with Gasteiger partial charge in [0, 0.05) is 24.7 Å². The molecule has 7 heteroatoms. The average molecular weight is 417 g/mol. The lowest BCUT2D eigenvalue weighted by atomic mass is 9.98. The van der Waals surface area contributed by atoms with Gasteiger partial charge in [0.25, 0.3) is 10.0 Å². The SMILES string of the molecule is CCc1ccc(OC)c(S(=O)(=O)Nc2ccc3c(c2)CN(C(=O)C(C)C)CC3)c1. The Kier molecular flexibility index (Phi) is 6.17. The third kappa shape index (κ3) is 4.56. The van der Waals surface area contributed by atoms with E-state index in [1.54, 1.807) is 18.2 Å². The molecule has 2 aromatic carbocycles. The molecule has 0 aliphatic carbocycles. The number of benzene rings is 2. The Labute approximate surface area is 172 Å². The van der Waals surface area contributed by atoms with Crippen LogP contribution in [0, 0.1) is 5.92 Å². The maximum atomic E-state index is 13.0. The molecule has 0 atom stereocenters. The van der Waals surface area contributed by atoms with Crippen LogP contribution in [0.2, 0.25) is 0 Å². The average Bonchev–Trinajstić information content (AvgIpc) is 2.71. The van der Waals surface area contributed by atoms with Gasteiger partial charge in [0.2, 0.25) is 5.91 Å². The number of carbonyl (C=O) groups is 1. The summed E-state index contributed by atoms with van der Waals surface area (Å²) >= 11 is 0. The highest BCUT2D eigenvalue weighted by molar-refractivity contribution is 7.92. The Bertz CT molecular complexity index is 1020. The van der Waals surface area contributed by atoms with Crippen LogP contribution in [0.3, 0.4) is 0 Å². The minimum absolute atomic E-state index is 0.0588. The van der Waals surface area contributed by atoms with Crippen LogP contribution >= 0.6 is 0 Å². The molecule has 1 aliphatic rings. The second kappa shape index (κ2) is 8.45. The molecule has 3 rings (SSSR count). The molecule has 0 saturated heterocycles. The van der Waals surface area contributed by atoms with E-state index in [9.17, 15) is 13.2 Å². The summed E-state index contributed by atoms with van der Waals surface area (Å²) in [5.41, 5.74) is 3.51. The molecule has 0 radical (unpaired) electrons. The van der Waals surface area contributed by atoms with Gasteiger partial charge in [-0.1, -0.05) is 32.9 Å². The van der Waals surface area contributed by atoms with Gasteiger partial charge in [-0.25, -0.2) is 8.42 Å². The first kappa shape index (κ1) is 21.2. The van der Waals surface area contributed by atoms with Crippen LogP contribution in [0.1, 0.15) is 37.5 Å². The molecule has 1 aliphatic heterocycles. The van der Waals surface area contributed by atoms with Gasteiger partial charge in [-0.05, 0) is 53.8 Å². The van der Waals surface area contributed by atoms with Gasteiger partial charge >= 0.3 is 0 Å². The number of aryl methyl sites for hydroxylation is 1. The number of amides is 1. The molecule has 29 heavy (non-hydrogen) atoms. The number of nitrogens with zero attached hydrogens (tertiary/aromatic N) is 1. The van der Waals surface area contributed by atoms with Crippen LogP contribution < -0.4 is 9.46 Å². The first-order valence-electron chi connectivity index (χ1n) is 9.85. The fraction of sp³-hybridized carbons (Fsp3) is 0.409. The number of hydrogen-bond donors (Lipinski definition) is 1. The van der Waals surface area contributed by atoms with E-state index in [0.29, 0.717) is 24.5 Å². The molecular formula is C22H28N2O4S. The summed E-state index contributed by atoms with van der Waals surface area (Å²) < 4.78 is 34.0. The van der Waals surface area contributed by atoms with E-state index < -0.39 is 10.0 Å². The standard InChI is InChI=1S/C22H28N2O4S/c1-5-16-6-9-20(28-4)21(12-16)29(26,27)23-19-8-7-17-10-11-24(14-18(17)13-19)22(25)15(2)3/h6-9,12-13,15,23H,5,10-11,14H2,1-4H3. The smallest absolute Gasteiger partial charge is 0.265 e. The predicted molar refractivity (Wildman–Crippen MR) is 114 cm³/mol. The van der Waals surface area contributed by atoms with Gasteiger partial charge in [-0.3, -0.25) is 9.52 Å². The normalized spacial score (nSPS) is 13.9. The van der Waals surface area contributed by atoms with E-state index in [-0.39, 0.29) is 16.7 Å². The molecule has 0 fully saturated rings. The van der Waals surface area contributed by atoms with Gasteiger partial charge in [0.1, 0.15) is 10.6 Å². The Morgan fingerprint density at radius 1 is 1.17 bits per heavy atom. The first-order valence-corrected chi connectivity index (χ1v) is 11.3. The number of methoxy groups -OCH3 is 1. The summed E-state index contributed by atoms with van der Waals surface area (Å²) in [6.07, 6.45) is 1.50. The molecule has 0 saturated carbocycles. The van der Waals surface area contributed by atoms with E-state index in [1.807, 2.05) is 43.9 Å². The molecular weight excluding hydrogens is 388 g/mol. The Hall–Kier alpha value is -2.54. The van der Waals surface area contributed by atoms with Gasteiger partial charge < -0.3 is 9.64 Å². The quantitative estimate of drug-likeness (QED) is 0.781. The van der Waals surface area contributed by atoms with Crippen LogP contribution in [-0.4, -0.2) is 32.9 Å². The lowest BCUT2D eigenvalue weighted by Gasteiger charge is -2.30. The van der Waals surface area contributed by atoms with Crippen molar-refractivity contribution in [2.45, 2.75) is 45.1 Å². The summed E-state index contributed by atoms with van der Waals surface area (Å²) in [7, 11) is -2.36. The van der Waals surface area contributed by atoms with Crippen LogP contribution in [0.25, 0.3) is 0 Å². The van der Waals surface area contributed by atoms with Crippen molar-refractivity contribution in [1.29, 1.82) is 0 Å². The van der Waals surface area contributed by atoms with Crippen LogP contribution in [0.4, 0.5) is 5.69 Å². The van der Waals surface area contributed by atoms with Crippen molar-refractivity contribution in [2.75, 3.05) is 18.4 Å². The number of ether oxygens (including phenoxy) is 1. The van der Waals surface area contributed by atoms with Gasteiger partial charge in [-0.2, -0.15) is 0 Å². The molecule has 6 nitrogen and oxygen atoms in total. The topological polar surface area (TPSA) is 75.7 Å². The van der Waals surface area contributed by atoms with Crippen molar-refractivity contribution < 1.29 is 17.9 Å². The van der Waals surface area contributed by atoms with Crippen molar-refractivity contribution in [3.63, 3.8) is 0 Å². The number of sulfonamides is 1. The molecule has 0 bridgehead atoms. The zero-order chi connectivity index (χ0) is 21.2. The summed E-state index contributed by atoms with van der Waals surface area (Å²) in [6, 6.07) is 10.7. The van der Waals surface area contributed by atoms with Gasteiger partial charge in [-0.15, -0.1) is 0 Å². The Morgan fingerprint density at radius 3 is 2.59 bits per heavy atom. The summed E-state index contributed by atoms with van der Waals surface area (Å²) in [5.74, 6) is 0.362. The number of hydrogen-bond acceptors (Lipinski definition) is 4. The van der Waals surface area contributed by atoms with Crippen molar-refractivity contribution in [2.24, 2.45) is 5.92 Å². The highest BCUT2D eigenvalue weighted by Gasteiger charge is 2.24. The first-order chi connectivity index (χ1) is 13.7. The zero-order valence-corrected chi connectivity index (χ0v) is 18.2. The lowest BCUT2D eigenvalue weighted by molar-refractivity contribution is -0.135. The number of anilines is 1. The number of nitrogens with one attached hydrogen (secondary N) is 1. The summed E-state index contributed by atoms with van der Waals surface area (Å²) in [6.45, 7) is 6.94. The molecule has 2 aromatic rings. The van der Waals surface area contributed by atoms with E-state index in [1.165, 1.54) is 7.11 Å². The second-order valence-electron chi connectivity index (χ2n) is 7.59. The molecule has 0 unspecified atom stereocenters. The van der Waals surface area contributed by atoms with E-state index in [4.69, 9.17) is 4.74 Å². The van der Waals surface area contributed by atoms with Gasteiger partial charge in [0.05, 0.1) is 7.11 Å². The Morgan fingerprint density at radius 2 is 1.93 bits per heavy atom. The third-order valence-corrected chi connectivity index (χ3v) is 6.60. The number of carbonyl (C=O) groups excluding carboxylic acids is 1. The largest absolute Gasteiger partial charge is 0.495 e. The predicted octanol–water partition coefficient (Wildman–Crippen LogP) is 3.60. The van der Waals surface area contributed by atoms with Crippen molar-refractivity contribution in [3.05, 3.63) is 53.1 Å². The zero-order valence-electron chi connectivity index (χ0n) is 17.4. The number of rotatable bonds is 6. The monoisotopic (exact) mass is 416 g/mol. The maximum Gasteiger partial charge on any atom is 0.265 e. The number of fused-ring (bicyclic) bond motifs is 1. The molecule has 0 aromatic heterocycles. The fourth-order valence-electron chi connectivity index (χ4n) is 3.54. The molecule has 156 valence electrons. The minimum Gasteiger partial charge on any atom is -0.495 e. The molecule has 1 N–H and O–H groups in total.